The van der Waals surface area contributed by atoms with E-state index in [1.54, 1.807) is 30.7 Å². The van der Waals surface area contributed by atoms with Crippen molar-refractivity contribution in [3.05, 3.63) is 120 Å². The van der Waals surface area contributed by atoms with Crippen LogP contribution in [-0.2, 0) is 17.2 Å². The predicted molar refractivity (Wildman–Crippen MR) is 214 cm³/mol. The summed E-state index contributed by atoms with van der Waals surface area (Å²) in [6.07, 6.45) is 9.38. The second kappa shape index (κ2) is 16.9. The predicted octanol–water partition coefficient (Wildman–Crippen LogP) is 8.25. The maximum Gasteiger partial charge on any atom is 0.259 e. The fourth-order valence-corrected chi connectivity index (χ4v) is 7.67. The first-order valence-electron chi connectivity index (χ1n) is 18.4. The number of aromatic nitrogens is 4. The maximum absolute atomic E-state index is 14.5. The number of halogens is 2. The first kappa shape index (κ1) is 37.8. The molecule has 3 aromatic carbocycles. The molecule has 1 amide bonds. The summed E-state index contributed by atoms with van der Waals surface area (Å²) in [5.41, 5.74) is 6.03. The van der Waals surface area contributed by atoms with Crippen molar-refractivity contribution in [2.24, 2.45) is 0 Å². The lowest BCUT2D eigenvalue weighted by Crippen LogP contribution is -2.35. The number of piperidine rings is 1. The number of imidazole rings is 1. The SMILES string of the molecule is CCCc1cc(C2CCN(CCS(C)=O)CC2)ccc1Nc1nccc(-c2c(-c3ccc(OC)c(C(=O)Nc4c(F)cccc4F)c3)nc3ccccn23)n1. The standard InChI is InChI=1S/C42H43F2N7O3S/c1-4-8-29-25-28(27-17-21-50(22-18-27)23-24-55(3)53)12-14-34(29)46-42-45-19-16-35(47-42)40-38(48-37-11-5-6-20-51(37)40)30-13-15-36(54-2)31(26-30)41(52)49-39-32(43)9-7-10-33(39)44/h5-7,9-16,19-20,25-27H,4,8,17-18,21-24H2,1-3H3,(H,49,52)(H,45,46,47). The number of pyridine rings is 1. The van der Waals surface area contributed by atoms with Gasteiger partial charge < -0.3 is 20.3 Å². The Morgan fingerprint density at radius 3 is 2.53 bits per heavy atom. The number of ether oxygens (including phenoxy) is 1. The van der Waals surface area contributed by atoms with Crippen LogP contribution >= 0.6 is 0 Å². The van der Waals surface area contributed by atoms with E-state index in [1.165, 1.54) is 24.3 Å². The van der Waals surface area contributed by atoms with Gasteiger partial charge in [-0.3, -0.25) is 13.4 Å². The topological polar surface area (TPSA) is 114 Å². The lowest BCUT2D eigenvalue weighted by Gasteiger charge is -2.32. The highest BCUT2D eigenvalue weighted by Crippen LogP contribution is 2.36. The summed E-state index contributed by atoms with van der Waals surface area (Å²) in [7, 11) is 0.646. The van der Waals surface area contributed by atoms with Crippen molar-refractivity contribution in [3.8, 4) is 28.4 Å². The molecule has 0 saturated carbocycles. The van der Waals surface area contributed by atoms with Crippen LogP contribution in [-0.4, -0.2) is 73.1 Å². The van der Waals surface area contributed by atoms with Crippen LogP contribution in [0.2, 0.25) is 0 Å². The third-order valence-electron chi connectivity index (χ3n) is 10.00. The van der Waals surface area contributed by atoms with Gasteiger partial charge >= 0.3 is 0 Å². The van der Waals surface area contributed by atoms with Gasteiger partial charge in [-0.25, -0.2) is 23.7 Å². The van der Waals surface area contributed by atoms with Crippen molar-refractivity contribution in [2.45, 2.75) is 38.5 Å². The van der Waals surface area contributed by atoms with Crippen LogP contribution < -0.4 is 15.4 Å². The lowest BCUT2D eigenvalue weighted by molar-refractivity contribution is 0.102. The molecular weight excluding hydrogens is 721 g/mol. The summed E-state index contributed by atoms with van der Waals surface area (Å²) < 4.78 is 47.9. The monoisotopic (exact) mass is 763 g/mol. The molecule has 1 atom stereocenters. The highest BCUT2D eigenvalue weighted by Gasteiger charge is 2.24. The molecule has 284 valence electrons. The van der Waals surface area contributed by atoms with Gasteiger partial charge in [-0.2, -0.15) is 0 Å². The Balaban J connectivity index is 1.19. The molecule has 1 fully saturated rings. The van der Waals surface area contributed by atoms with Gasteiger partial charge in [-0.1, -0.05) is 37.6 Å². The lowest BCUT2D eigenvalue weighted by atomic mass is 9.87. The number of nitrogens with zero attached hydrogens (tertiary/aromatic N) is 5. The van der Waals surface area contributed by atoms with E-state index < -0.39 is 34.0 Å². The number of fused-ring (bicyclic) bond motifs is 1. The molecular formula is C42H43F2N7O3S. The number of likely N-dealkylation sites (tertiary alicyclic amines) is 1. The van der Waals surface area contributed by atoms with Gasteiger partial charge in [0.15, 0.2) is 0 Å². The van der Waals surface area contributed by atoms with E-state index in [1.807, 2.05) is 34.9 Å². The molecule has 13 heteroatoms. The summed E-state index contributed by atoms with van der Waals surface area (Å²) in [6.45, 7) is 5.07. The van der Waals surface area contributed by atoms with Crippen LogP contribution in [0.25, 0.3) is 28.3 Å². The van der Waals surface area contributed by atoms with Gasteiger partial charge in [0.05, 0.1) is 29.8 Å². The molecule has 6 aromatic rings. The zero-order valence-electron chi connectivity index (χ0n) is 31.0. The highest BCUT2D eigenvalue weighted by molar-refractivity contribution is 7.84. The molecule has 1 aliphatic rings. The Hall–Kier alpha value is -5.53. The van der Waals surface area contributed by atoms with Gasteiger partial charge in [0.1, 0.15) is 28.7 Å². The zero-order chi connectivity index (χ0) is 38.5. The van der Waals surface area contributed by atoms with E-state index in [0.29, 0.717) is 40.2 Å². The molecule has 1 aliphatic heterocycles. The molecule has 0 spiro atoms. The van der Waals surface area contributed by atoms with Gasteiger partial charge in [0, 0.05) is 53.0 Å². The molecule has 1 saturated heterocycles. The largest absolute Gasteiger partial charge is 0.496 e. The molecule has 3 aromatic heterocycles. The smallest absolute Gasteiger partial charge is 0.259 e. The van der Waals surface area contributed by atoms with E-state index in [-0.39, 0.29) is 11.3 Å². The summed E-state index contributed by atoms with van der Waals surface area (Å²) in [4.78, 5) is 30.4. The maximum atomic E-state index is 14.5. The van der Waals surface area contributed by atoms with Gasteiger partial charge in [-0.15, -0.1) is 0 Å². The van der Waals surface area contributed by atoms with Gasteiger partial charge in [-0.05, 0) is 104 Å². The summed E-state index contributed by atoms with van der Waals surface area (Å²) >= 11 is 0. The van der Waals surface area contributed by atoms with E-state index in [9.17, 15) is 17.8 Å². The van der Waals surface area contributed by atoms with Gasteiger partial charge in [0.2, 0.25) is 5.95 Å². The van der Waals surface area contributed by atoms with E-state index in [0.717, 1.165) is 68.9 Å². The normalized spacial score (nSPS) is 14.2. The average molecular weight is 764 g/mol. The van der Waals surface area contributed by atoms with E-state index in [4.69, 9.17) is 14.7 Å². The minimum Gasteiger partial charge on any atom is -0.496 e. The van der Waals surface area contributed by atoms with Crippen molar-refractivity contribution >= 4 is 39.7 Å². The third-order valence-corrected chi connectivity index (χ3v) is 10.8. The van der Waals surface area contributed by atoms with Gasteiger partial charge in [0.25, 0.3) is 5.91 Å². The second-order valence-corrected chi connectivity index (χ2v) is 15.2. The van der Waals surface area contributed by atoms with Crippen LogP contribution in [0, 0.1) is 11.6 Å². The molecule has 1 unspecified atom stereocenters. The third kappa shape index (κ3) is 8.42. The number of carbonyl (C=O) groups is 1. The number of methoxy groups -OCH3 is 1. The van der Waals surface area contributed by atoms with E-state index in [2.05, 4.69) is 45.6 Å². The van der Waals surface area contributed by atoms with Crippen molar-refractivity contribution in [1.29, 1.82) is 0 Å². The van der Waals surface area contributed by atoms with Crippen molar-refractivity contribution in [3.63, 3.8) is 0 Å². The Labute approximate surface area is 321 Å². The number of aryl methyl sites for hydroxylation is 1. The number of hydrogen-bond acceptors (Lipinski definition) is 8. The van der Waals surface area contributed by atoms with E-state index >= 15 is 0 Å². The van der Waals surface area contributed by atoms with Crippen LogP contribution in [0.4, 0.5) is 26.1 Å². The zero-order valence-corrected chi connectivity index (χ0v) is 31.8. The fraction of sp³-hybridized carbons (Fsp3) is 0.286. The number of anilines is 3. The van der Waals surface area contributed by atoms with Crippen LogP contribution in [0.1, 0.15) is 53.6 Å². The quantitative estimate of drug-likeness (QED) is 0.121. The van der Waals surface area contributed by atoms with Crippen molar-refractivity contribution in [1.82, 2.24) is 24.3 Å². The molecule has 55 heavy (non-hydrogen) atoms. The number of amides is 1. The number of nitrogens with one attached hydrogen (secondary N) is 2. The first-order valence-corrected chi connectivity index (χ1v) is 20.1. The highest BCUT2D eigenvalue weighted by atomic mass is 32.2. The minimum atomic E-state index is -0.892. The molecule has 10 nitrogen and oxygen atoms in total. The number of carbonyl (C=O) groups excluding carboxylic acids is 1. The van der Waals surface area contributed by atoms with Crippen LogP contribution in [0.15, 0.2) is 91.3 Å². The second-order valence-electron chi connectivity index (χ2n) is 13.7. The Morgan fingerprint density at radius 1 is 0.982 bits per heavy atom. The molecule has 0 aliphatic carbocycles. The minimum absolute atomic E-state index is 0.0716. The van der Waals surface area contributed by atoms with Crippen molar-refractivity contribution < 1.29 is 22.5 Å². The Morgan fingerprint density at radius 2 is 1.78 bits per heavy atom. The number of para-hydroxylation sites is 1. The van der Waals surface area contributed by atoms with Crippen LogP contribution in [0.5, 0.6) is 5.75 Å². The molecule has 0 radical (unpaired) electrons. The molecule has 7 rings (SSSR count). The number of benzene rings is 3. The summed E-state index contributed by atoms with van der Waals surface area (Å²) in [5.74, 6) is -0.688. The fourth-order valence-electron chi connectivity index (χ4n) is 7.16. The molecule has 0 bridgehead atoms. The average Bonchev–Trinajstić information content (AvgIpc) is 3.59. The number of hydrogen-bond donors (Lipinski definition) is 2. The molecule has 2 N–H and O–H groups in total. The Bertz CT molecular complexity index is 2340. The molecule has 4 heterocycles. The summed E-state index contributed by atoms with van der Waals surface area (Å²) in [6, 6.07) is 22.5. The number of rotatable bonds is 13. The van der Waals surface area contributed by atoms with Crippen molar-refractivity contribution in [2.75, 3.05) is 49.4 Å². The van der Waals surface area contributed by atoms with Crippen LogP contribution in [0.3, 0.4) is 0 Å². The summed E-state index contributed by atoms with van der Waals surface area (Å²) in [5, 5.41) is 5.85. The Kier molecular flexibility index (Phi) is 11.6. The first-order chi connectivity index (χ1) is 26.7.